The molecule has 2 rings (SSSR count). The highest BCUT2D eigenvalue weighted by Crippen LogP contribution is 2.27. The van der Waals surface area contributed by atoms with Crippen LogP contribution in [0.15, 0.2) is 23.1 Å². The first-order valence-corrected chi connectivity index (χ1v) is 7.60. The van der Waals surface area contributed by atoms with Gasteiger partial charge >= 0.3 is 5.97 Å². The molecule has 0 bridgehead atoms. The van der Waals surface area contributed by atoms with Crippen molar-refractivity contribution in [1.82, 2.24) is 4.31 Å². The van der Waals surface area contributed by atoms with Crippen molar-refractivity contribution >= 4 is 21.9 Å². The Morgan fingerprint density at radius 1 is 1.36 bits per heavy atom. The molecule has 2 atom stereocenters. The third-order valence-electron chi connectivity index (χ3n) is 3.34. The van der Waals surface area contributed by atoms with E-state index >= 15 is 0 Å². The molecule has 1 aromatic carbocycles. The molecule has 0 aliphatic carbocycles. The van der Waals surface area contributed by atoms with Crippen LogP contribution in [0.1, 0.15) is 16.8 Å². The first-order valence-electron chi connectivity index (χ1n) is 6.16. The Morgan fingerprint density at radius 3 is 2.55 bits per heavy atom. The normalized spacial score (nSPS) is 22.6. The van der Waals surface area contributed by atoms with Gasteiger partial charge in [-0.3, -0.25) is 4.79 Å². The molecule has 120 valence electrons. The van der Waals surface area contributed by atoms with Crippen LogP contribution >= 0.6 is 0 Å². The van der Waals surface area contributed by atoms with E-state index in [-0.39, 0.29) is 13.0 Å². The number of nitrogens with zero attached hydrogens (tertiary/aromatic N) is 1. The second-order valence-corrected chi connectivity index (χ2v) is 6.72. The number of aliphatic hydroxyl groups is 1. The van der Waals surface area contributed by atoms with E-state index in [0.29, 0.717) is 16.4 Å². The molecule has 1 aliphatic rings. The molecule has 1 saturated heterocycles. The van der Waals surface area contributed by atoms with Crippen molar-refractivity contribution in [2.45, 2.75) is 23.5 Å². The Bertz CT molecular complexity index is 735. The van der Waals surface area contributed by atoms with Crippen molar-refractivity contribution in [3.05, 3.63) is 29.6 Å². The number of halogens is 1. The summed E-state index contributed by atoms with van der Waals surface area (Å²) in [5.74, 6) is -3.64. The van der Waals surface area contributed by atoms with E-state index in [2.05, 4.69) is 0 Å². The highest BCUT2D eigenvalue weighted by atomic mass is 32.2. The number of carbonyl (C=O) groups is 2. The van der Waals surface area contributed by atoms with Gasteiger partial charge in [-0.25, -0.2) is 17.6 Å². The Hall–Kier alpha value is -2.04. The minimum absolute atomic E-state index is 0.151. The minimum atomic E-state index is -4.30. The summed E-state index contributed by atoms with van der Waals surface area (Å²) in [6.45, 7) is -0.351. The van der Waals surface area contributed by atoms with E-state index in [1.165, 1.54) is 0 Å². The van der Waals surface area contributed by atoms with Crippen LogP contribution in [0.4, 0.5) is 4.39 Å². The van der Waals surface area contributed by atoms with Gasteiger partial charge in [0.05, 0.1) is 16.6 Å². The Kier molecular flexibility index (Phi) is 4.18. The second kappa shape index (κ2) is 5.63. The van der Waals surface area contributed by atoms with Crippen molar-refractivity contribution in [3.63, 3.8) is 0 Å². The number of nitrogens with two attached hydrogens (primary N) is 1. The number of aromatic carboxylic acids is 1. The Morgan fingerprint density at radius 2 is 2.00 bits per heavy atom. The third-order valence-corrected chi connectivity index (χ3v) is 5.21. The van der Waals surface area contributed by atoms with Gasteiger partial charge in [-0.05, 0) is 18.2 Å². The standard InChI is InChI=1S/C12H13FN2O6S/c13-9-2-1-7(4-8(9)12(18)19)22(20,21)15-5-6(16)3-10(15)11(14)17/h1-2,4,6,10,16H,3,5H2,(H2,14,17)(H,18,19)/t6-,10+/m1/s1. The van der Waals surface area contributed by atoms with E-state index < -0.39 is 50.3 Å². The monoisotopic (exact) mass is 332 g/mol. The van der Waals surface area contributed by atoms with Gasteiger partial charge in [-0.1, -0.05) is 0 Å². The lowest BCUT2D eigenvalue weighted by molar-refractivity contribution is -0.121. The number of hydrogen-bond donors (Lipinski definition) is 3. The van der Waals surface area contributed by atoms with E-state index in [1.807, 2.05) is 0 Å². The lowest BCUT2D eigenvalue weighted by atomic mass is 10.2. The van der Waals surface area contributed by atoms with Crippen molar-refractivity contribution in [2.75, 3.05) is 6.54 Å². The molecular weight excluding hydrogens is 319 g/mol. The van der Waals surface area contributed by atoms with Crippen LogP contribution in [-0.4, -0.2) is 53.5 Å². The number of benzene rings is 1. The summed E-state index contributed by atoms with van der Waals surface area (Å²) in [6, 6.07) is 1.02. The summed E-state index contributed by atoms with van der Waals surface area (Å²) >= 11 is 0. The maximum Gasteiger partial charge on any atom is 0.338 e. The molecule has 22 heavy (non-hydrogen) atoms. The van der Waals surface area contributed by atoms with Gasteiger partial charge < -0.3 is 15.9 Å². The Labute approximate surface area is 125 Å². The third kappa shape index (κ3) is 2.80. The van der Waals surface area contributed by atoms with Gasteiger partial charge in [-0.2, -0.15) is 4.31 Å². The Balaban J connectivity index is 2.49. The van der Waals surface area contributed by atoms with Crippen LogP contribution in [0.25, 0.3) is 0 Å². The van der Waals surface area contributed by atoms with Crippen LogP contribution in [-0.2, 0) is 14.8 Å². The average Bonchev–Trinajstić information content (AvgIpc) is 2.81. The molecule has 0 unspecified atom stereocenters. The van der Waals surface area contributed by atoms with Crippen LogP contribution in [0.3, 0.4) is 0 Å². The van der Waals surface area contributed by atoms with Crippen molar-refractivity contribution < 1.29 is 32.6 Å². The van der Waals surface area contributed by atoms with Gasteiger partial charge in [0, 0.05) is 13.0 Å². The molecule has 0 radical (unpaired) electrons. The van der Waals surface area contributed by atoms with Gasteiger partial charge in [0.25, 0.3) is 0 Å². The molecule has 1 fully saturated rings. The lowest BCUT2D eigenvalue weighted by Gasteiger charge is -2.21. The van der Waals surface area contributed by atoms with Crippen LogP contribution < -0.4 is 5.73 Å². The van der Waals surface area contributed by atoms with E-state index in [4.69, 9.17) is 10.8 Å². The lowest BCUT2D eigenvalue weighted by Crippen LogP contribution is -2.43. The molecule has 4 N–H and O–H groups in total. The number of aliphatic hydroxyl groups excluding tert-OH is 1. The van der Waals surface area contributed by atoms with Crippen molar-refractivity contribution in [3.8, 4) is 0 Å². The molecule has 1 aliphatic heterocycles. The summed E-state index contributed by atoms with van der Waals surface area (Å²) in [7, 11) is -4.30. The van der Waals surface area contributed by atoms with Crippen molar-refractivity contribution in [1.29, 1.82) is 0 Å². The number of β-amino-alcohol motifs (C(OH)–C–C–N with tert-alkyl or cyclic N) is 1. The number of sulfonamides is 1. The molecule has 1 aromatic rings. The highest BCUT2D eigenvalue weighted by Gasteiger charge is 2.42. The van der Waals surface area contributed by atoms with Crippen molar-refractivity contribution in [2.24, 2.45) is 5.73 Å². The number of carboxylic acids is 1. The number of primary amides is 1. The fourth-order valence-electron chi connectivity index (χ4n) is 2.27. The smallest absolute Gasteiger partial charge is 0.338 e. The topological polar surface area (TPSA) is 138 Å². The summed E-state index contributed by atoms with van der Waals surface area (Å²) in [5, 5.41) is 18.4. The fourth-order valence-corrected chi connectivity index (χ4v) is 3.94. The van der Waals surface area contributed by atoms with Crippen LogP contribution in [0, 0.1) is 5.82 Å². The zero-order valence-electron chi connectivity index (χ0n) is 11.1. The van der Waals surface area contributed by atoms with Crippen LogP contribution in [0.2, 0.25) is 0 Å². The average molecular weight is 332 g/mol. The zero-order chi connectivity index (χ0) is 16.7. The molecule has 8 nitrogen and oxygen atoms in total. The summed E-state index contributed by atoms with van der Waals surface area (Å²) in [4.78, 5) is 21.7. The minimum Gasteiger partial charge on any atom is -0.478 e. The number of carbonyl (C=O) groups excluding carboxylic acids is 1. The predicted molar refractivity (Wildman–Crippen MR) is 70.9 cm³/mol. The van der Waals surface area contributed by atoms with Gasteiger partial charge in [0.15, 0.2) is 0 Å². The number of rotatable bonds is 4. The molecule has 1 heterocycles. The maximum absolute atomic E-state index is 13.3. The molecule has 0 spiro atoms. The summed E-state index contributed by atoms with van der Waals surface area (Å²) < 4.78 is 39.0. The SMILES string of the molecule is NC(=O)[C@@H]1C[C@@H](O)CN1S(=O)(=O)c1ccc(F)c(C(=O)O)c1. The predicted octanol–water partition coefficient (Wildman–Crippen LogP) is -0.867. The number of carboxylic acid groups (broad SMARTS) is 1. The first kappa shape index (κ1) is 16.3. The highest BCUT2D eigenvalue weighted by molar-refractivity contribution is 7.89. The fraction of sp³-hybridized carbons (Fsp3) is 0.333. The number of hydrogen-bond acceptors (Lipinski definition) is 5. The van der Waals surface area contributed by atoms with Gasteiger partial charge in [0.2, 0.25) is 15.9 Å². The van der Waals surface area contributed by atoms with E-state index in [1.54, 1.807) is 0 Å². The summed E-state index contributed by atoms with van der Waals surface area (Å²) in [5.41, 5.74) is 4.31. The largest absolute Gasteiger partial charge is 0.478 e. The van der Waals surface area contributed by atoms with Gasteiger partial charge in [-0.15, -0.1) is 0 Å². The van der Waals surface area contributed by atoms with Crippen LogP contribution in [0.5, 0.6) is 0 Å². The summed E-state index contributed by atoms with van der Waals surface area (Å²) in [6.07, 6.45) is -1.21. The first-order chi connectivity index (χ1) is 10.1. The van der Waals surface area contributed by atoms with Gasteiger partial charge in [0.1, 0.15) is 11.9 Å². The maximum atomic E-state index is 13.3. The van der Waals surface area contributed by atoms with E-state index in [9.17, 15) is 27.5 Å². The molecule has 0 aromatic heterocycles. The molecule has 1 amide bonds. The van der Waals surface area contributed by atoms with E-state index in [0.717, 1.165) is 6.07 Å². The number of amides is 1. The second-order valence-electron chi connectivity index (χ2n) is 4.83. The molecule has 0 saturated carbocycles. The quantitative estimate of drug-likeness (QED) is 0.655. The zero-order valence-corrected chi connectivity index (χ0v) is 12.0. The molecule has 10 heteroatoms. The molecular formula is C12H13FN2O6S.